The van der Waals surface area contributed by atoms with Crippen LogP contribution in [0.3, 0.4) is 0 Å². The zero-order valence-corrected chi connectivity index (χ0v) is 7.82. The second kappa shape index (κ2) is 3.22. The SMILES string of the molecule is Cn1ccc(-c2ncc(CCl)o2)n1. The monoisotopic (exact) mass is 197 g/mol. The Morgan fingerprint density at radius 2 is 2.46 bits per heavy atom. The van der Waals surface area contributed by atoms with Crippen molar-refractivity contribution < 1.29 is 4.42 Å². The Labute approximate surface area is 80.1 Å². The number of alkyl halides is 1. The molecule has 5 heteroatoms. The number of oxazole rings is 1. The van der Waals surface area contributed by atoms with E-state index in [1.54, 1.807) is 10.9 Å². The third kappa shape index (κ3) is 1.58. The van der Waals surface area contributed by atoms with Gasteiger partial charge in [0.25, 0.3) is 0 Å². The summed E-state index contributed by atoms with van der Waals surface area (Å²) < 4.78 is 7.01. The van der Waals surface area contributed by atoms with Crippen LogP contribution in [0.2, 0.25) is 0 Å². The van der Waals surface area contributed by atoms with Crippen molar-refractivity contribution in [2.45, 2.75) is 5.88 Å². The third-order valence-electron chi connectivity index (χ3n) is 1.62. The zero-order valence-electron chi connectivity index (χ0n) is 7.07. The summed E-state index contributed by atoms with van der Waals surface area (Å²) in [6.45, 7) is 0. The van der Waals surface area contributed by atoms with Gasteiger partial charge in [0.2, 0.25) is 5.89 Å². The second-order valence-corrected chi connectivity index (χ2v) is 2.91. The molecule has 0 bridgehead atoms. The number of halogens is 1. The summed E-state index contributed by atoms with van der Waals surface area (Å²) in [6.07, 6.45) is 3.44. The average molecular weight is 198 g/mol. The molecular weight excluding hydrogens is 190 g/mol. The predicted octanol–water partition coefficient (Wildman–Crippen LogP) is 1.81. The topological polar surface area (TPSA) is 43.9 Å². The molecule has 0 radical (unpaired) electrons. The lowest BCUT2D eigenvalue weighted by Crippen LogP contribution is -1.87. The Bertz CT molecular complexity index is 407. The Morgan fingerprint density at radius 3 is 3.00 bits per heavy atom. The van der Waals surface area contributed by atoms with Crippen LogP contribution in [0.4, 0.5) is 0 Å². The van der Waals surface area contributed by atoms with Crippen molar-refractivity contribution in [3.8, 4) is 11.6 Å². The normalized spacial score (nSPS) is 10.6. The van der Waals surface area contributed by atoms with Crippen LogP contribution in [-0.2, 0) is 12.9 Å². The van der Waals surface area contributed by atoms with Gasteiger partial charge in [-0.1, -0.05) is 0 Å². The highest BCUT2D eigenvalue weighted by Crippen LogP contribution is 2.17. The fourth-order valence-corrected chi connectivity index (χ4v) is 1.14. The first kappa shape index (κ1) is 8.31. The molecule has 0 saturated carbocycles. The van der Waals surface area contributed by atoms with Crippen molar-refractivity contribution in [2.75, 3.05) is 0 Å². The smallest absolute Gasteiger partial charge is 0.247 e. The molecule has 2 aromatic heterocycles. The molecule has 13 heavy (non-hydrogen) atoms. The van der Waals surface area contributed by atoms with Crippen LogP contribution in [0, 0.1) is 0 Å². The Balaban J connectivity index is 2.35. The summed E-state index contributed by atoms with van der Waals surface area (Å²) in [4.78, 5) is 4.04. The highest BCUT2D eigenvalue weighted by atomic mass is 35.5. The summed E-state index contributed by atoms with van der Waals surface area (Å²) in [6, 6.07) is 1.84. The highest BCUT2D eigenvalue weighted by Gasteiger charge is 2.07. The van der Waals surface area contributed by atoms with Gasteiger partial charge in [0, 0.05) is 13.2 Å². The minimum Gasteiger partial charge on any atom is -0.439 e. The lowest BCUT2D eigenvalue weighted by atomic mass is 10.4. The van der Waals surface area contributed by atoms with Crippen LogP contribution in [0.25, 0.3) is 11.6 Å². The summed E-state index contributed by atoms with van der Waals surface area (Å²) in [5, 5.41) is 4.15. The highest BCUT2D eigenvalue weighted by molar-refractivity contribution is 6.16. The van der Waals surface area contributed by atoms with Gasteiger partial charge in [-0.3, -0.25) is 4.68 Å². The summed E-state index contributed by atoms with van der Waals surface area (Å²) in [5.74, 6) is 1.50. The van der Waals surface area contributed by atoms with Gasteiger partial charge in [0.1, 0.15) is 11.5 Å². The van der Waals surface area contributed by atoms with Crippen LogP contribution in [0.1, 0.15) is 5.76 Å². The van der Waals surface area contributed by atoms with Crippen molar-refractivity contribution in [1.82, 2.24) is 14.8 Å². The van der Waals surface area contributed by atoms with Gasteiger partial charge in [-0.15, -0.1) is 11.6 Å². The van der Waals surface area contributed by atoms with Gasteiger partial charge in [-0.05, 0) is 6.07 Å². The lowest BCUT2D eigenvalue weighted by molar-refractivity contribution is 0.534. The van der Waals surface area contributed by atoms with Crippen LogP contribution in [0.5, 0.6) is 0 Å². The lowest BCUT2D eigenvalue weighted by Gasteiger charge is -1.87. The van der Waals surface area contributed by atoms with E-state index in [1.165, 1.54) is 0 Å². The molecule has 0 atom stereocenters. The number of hydrogen-bond acceptors (Lipinski definition) is 3. The molecule has 2 heterocycles. The number of nitrogens with zero attached hydrogens (tertiary/aromatic N) is 3. The molecule has 2 aromatic rings. The van der Waals surface area contributed by atoms with Gasteiger partial charge in [-0.25, -0.2) is 4.98 Å². The quantitative estimate of drug-likeness (QED) is 0.690. The minimum absolute atomic E-state index is 0.333. The van der Waals surface area contributed by atoms with Crippen LogP contribution < -0.4 is 0 Å². The molecule has 0 amide bonds. The molecule has 0 saturated heterocycles. The zero-order chi connectivity index (χ0) is 9.26. The maximum Gasteiger partial charge on any atom is 0.247 e. The fourth-order valence-electron chi connectivity index (χ4n) is 1.02. The molecule has 0 aromatic carbocycles. The first-order valence-electron chi connectivity index (χ1n) is 3.80. The van der Waals surface area contributed by atoms with E-state index in [4.69, 9.17) is 16.0 Å². The van der Waals surface area contributed by atoms with Gasteiger partial charge in [0.15, 0.2) is 0 Å². The molecule has 68 valence electrons. The summed E-state index contributed by atoms with van der Waals surface area (Å²) in [5.41, 5.74) is 0.721. The molecule has 0 aliphatic heterocycles. The van der Waals surface area contributed by atoms with Crippen LogP contribution >= 0.6 is 11.6 Å². The van der Waals surface area contributed by atoms with Crippen molar-refractivity contribution in [1.29, 1.82) is 0 Å². The maximum atomic E-state index is 5.57. The number of aromatic nitrogens is 3. The summed E-state index contributed by atoms with van der Waals surface area (Å²) in [7, 11) is 1.84. The molecule has 0 N–H and O–H groups in total. The van der Waals surface area contributed by atoms with E-state index in [2.05, 4.69) is 10.1 Å². The predicted molar refractivity (Wildman–Crippen MR) is 48.3 cm³/mol. The Hall–Kier alpha value is -1.29. The van der Waals surface area contributed by atoms with Crippen molar-refractivity contribution in [2.24, 2.45) is 7.05 Å². The van der Waals surface area contributed by atoms with Crippen molar-refractivity contribution >= 4 is 11.6 Å². The van der Waals surface area contributed by atoms with Gasteiger partial charge in [-0.2, -0.15) is 5.10 Å². The maximum absolute atomic E-state index is 5.57. The van der Waals surface area contributed by atoms with Crippen molar-refractivity contribution in [3.05, 3.63) is 24.2 Å². The molecule has 0 aliphatic carbocycles. The fraction of sp³-hybridized carbons (Fsp3) is 0.250. The van der Waals surface area contributed by atoms with E-state index < -0.39 is 0 Å². The molecule has 0 unspecified atom stereocenters. The largest absolute Gasteiger partial charge is 0.439 e. The molecule has 2 rings (SSSR count). The van der Waals surface area contributed by atoms with Crippen LogP contribution in [0.15, 0.2) is 22.9 Å². The van der Waals surface area contributed by atoms with E-state index in [-0.39, 0.29) is 0 Å². The van der Waals surface area contributed by atoms with Gasteiger partial charge >= 0.3 is 0 Å². The second-order valence-electron chi connectivity index (χ2n) is 2.64. The van der Waals surface area contributed by atoms with E-state index in [9.17, 15) is 0 Å². The van der Waals surface area contributed by atoms with E-state index in [1.807, 2.05) is 19.3 Å². The van der Waals surface area contributed by atoms with Crippen molar-refractivity contribution in [3.63, 3.8) is 0 Å². The number of aryl methyl sites for hydroxylation is 1. The summed E-state index contributed by atoms with van der Waals surface area (Å²) >= 11 is 5.57. The van der Waals surface area contributed by atoms with E-state index in [0.717, 1.165) is 5.69 Å². The average Bonchev–Trinajstić information content (AvgIpc) is 2.71. The number of hydrogen-bond donors (Lipinski definition) is 0. The first-order chi connectivity index (χ1) is 6.29. The number of rotatable bonds is 2. The molecule has 0 spiro atoms. The molecule has 4 nitrogen and oxygen atoms in total. The Morgan fingerprint density at radius 1 is 1.62 bits per heavy atom. The molecule has 0 aliphatic rings. The third-order valence-corrected chi connectivity index (χ3v) is 1.88. The van der Waals surface area contributed by atoms with Gasteiger partial charge < -0.3 is 4.42 Å². The minimum atomic E-state index is 0.333. The Kier molecular flexibility index (Phi) is 2.06. The van der Waals surface area contributed by atoms with E-state index >= 15 is 0 Å². The van der Waals surface area contributed by atoms with Crippen LogP contribution in [-0.4, -0.2) is 14.8 Å². The molecule has 0 fully saturated rings. The molecular formula is C8H8ClN3O. The first-order valence-corrected chi connectivity index (χ1v) is 4.34. The van der Waals surface area contributed by atoms with E-state index in [0.29, 0.717) is 17.5 Å². The standard InChI is InChI=1S/C8H8ClN3O/c1-12-3-2-7(11-12)8-10-5-6(4-9)13-8/h2-3,5H,4H2,1H3. The van der Waals surface area contributed by atoms with Gasteiger partial charge in [0.05, 0.1) is 12.1 Å².